The molecular formula is C20H22INO3. The van der Waals surface area contributed by atoms with Crippen molar-refractivity contribution in [2.45, 2.75) is 45.4 Å². The van der Waals surface area contributed by atoms with Crippen LogP contribution in [0.2, 0.25) is 0 Å². The van der Waals surface area contributed by atoms with Gasteiger partial charge in [-0.2, -0.15) is 0 Å². The third-order valence-corrected chi connectivity index (χ3v) is 5.36. The second kappa shape index (κ2) is 7.72. The van der Waals surface area contributed by atoms with E-state index in [0.29, 0.717) is 25.0 Å². The van der Waals surface area contributed by atoms with Crippen LogP contribution < -0.4 is 5.32 Å². The summed E-state index contributed by atoms with van der Waals surface area (Å²) >= 11 is 2.26. The number of nitrogens with one attached hydrogen (secondary N) is 1. The highest BCUT2D eigenvalue weighted by atomic mass is 127. The molecule has 0 unspecified atom stereocenters. The number of halogens is 1. The molecule has 25 heavy (non-hydrogen) atoms. The number of Topliss-reactive ketones (excluding diaryl/α,β-unsaturated/α-hetero) is 1. The SMILES string of the molecule is CCOC(=O)C1=C(CC)NC2=C(C(=O)CCC2)[C@H]1c1cccc(I)c1. The van der Waals surface area contributed by atoms with Crippen molar-refractivity contribution < 1.29 is 14.3 Å². The number of benzene rings is 1. The molecule has 4 nitrogen and oxygen atoms in total. The predicted octanol–water partition coefficient (Wildman–Crippen LogP) is 4.21. The fourth-order valence-electron chi connectivity index (χ4n) is 3.64. The van der Waals surface area contributed by atoms with Crippen molar-refractivity contribution in [2.75, 3.05) is 6.61 Å². The third kappa shape index (κ3) is 3.52. The van der Waals surface area contributed by atoms with Crippen molar-refractivity contribution in [3.8, 4) is 0 Å². The predicted molar refractivity (Wildman–Crippen MR) is 105 cm³/mol. The summed E-state index contributed by atoms with van der Waals surface area (Å²) in [6, 6.07) is 8.03. The Bertz CT molecular complexity index is 779. The smallest absolute Gasteiger partial charge is 0.336 e. The minimum Gasteiger partial charge on any atom is -0.463 e. The third-order valence-electron chi connectivity index (χ3n) is 4.69. The average molecular weight is 451 g/mol. The van der Waals surface area contributed by atoms with E-state index < -0.39 is 0 Å². The zero-order chi connectivity index (χ0) is 18.0. The maximum atomic E-state index is 12.8. The Kier molecular flexibility index (Phi) is 5.61. The van der Waals surface area contributed by atoms with Crippen molar-refractivity contribution in [2.24, 2.45) is 0 Å². The van der Waals surface area contributed by atoms with Crippen LogP contribution in [-0.4, -0.2) is 18.4 Å². The van der Waals surface area contributed by atoms with Gasteiger partial charge in [-0.05, 0) is 66.5 Å². The lowest BCUT2D eigenvalue weighted by Gasteiger charge is -2.35. The fourth-order valence-corrected chi connectivity index (χ4v) is 4.21. The Morgan fingerprint density at radius 2 is 2.12 bits per heavy atom. The van der Waals surface area contributed by atoms with Gasteiger partial charge in [0.1, 0.15) is 0 Å². The van der Waals surface area contributed by atoms with E-state index in [0.717, 1.165) is 38.9 Å². The second-order valence-corrected chi connectivity index (χ2v) is 7.49. The van der Waals surface area contributed by atoms with E-state index in [1.807, 2.05) is 25.1 Å². The number of rotatable bonds is 4. The first-order valence-electron chi connectivity index (χ1n) is 8.75. The Morgan fingerprint density at radius 3 is 2.80 bits per heavy atom. The molecule has 132 valence electrons. The van der Waals surface area contributed by atoms with E-state index in [2.05, 4.69) is 34.0 Å². The zero-order valence-corrected chi connectivity index (χ0v) is 16.7. The van der Waals surface area contributed by atoms with Gasteiger partial charge in [-0.15, -0.1) is 0 Å². The molecule has 1 N–H and O–H groups in total. The minimum absolute atomic E-state index is 0.134. The van der Waals surface area contributed by atoms with Gasteiger partial charge in [0.15, 0.2) is 5.78 Å². The molecule has 0 saturated carbocycles. The second-order valence-electron chi connectivity index (χ2n) is 6.25. The Hall–Kier alpha value is -1.63. The van der Waals surface area contributed by atoms with Gasteiger partial charge < -0.3 is 10.1 Å². The summed E-state index contributed by atoms with van der Waals surface area (Å²) in [5.74, 6) is -0.539. The average Bonchev–Trinajstić information content (AvgIpc) is 2.60. The van der Waals surface area contributed by atoms with Crippen LogP contribution in [0.15, 0.2) is 46.8 Å². The quantitative estimate of drug-likeness (QED) is 0.551. The lowest BCUT2D eigenvalue weighted by Crippen LogP contribution is -2.35. The monoisotopic (exact) mass is 451 g/mol. The zero-order valence-electron chi connectivity index (χ0n) is 14.5. The number of hydrogen-bond acceptors (Lipinski definition) is 4. The molecule has 0 spiro atoms. The van der Waals surface area contributed by atoms with E-state index in [9.17, 15) is 9.59 Å². The van der Waals surface area contributed by atoms with E-state index in [4.69, 9.17) is 4.74 Å². The summed E-state index contributed by atoms with van der Waals surface area (Å²) in [5.41, 5.74) is 4.15. The van der Waals surface area contributed by atoms with Gasteiger partial charge in [0.05, 0.1) is 12.2 Å². The number of carbonyl (C=O) groups is 2. The van der Waals surface area contributed by atoms with Crippen LogP contribution >= 0.6 is 22.6 Å². The van der Waals surface area contributed by atoms with Crippen LogP contribution in [0.4, 0.5) is 0 Å². The summed E-state index contributed by atoms with van der Waals surface area (Å²) in [4.78, 5) is 25.5. The summed E-state index contributed by atoms with van der Waals surface area (Å²) in [6.07, 6.45) is 2.94. The van der Waals surface area contributed by atoms with Gasteiger partial charge in [-0.3, -0.25) is 4.79 Å². The van der Waals surface area contributed by atoms with E-state index in [1.165, 1.54) is 0 Å². The number of carbonyl (C=O) groups excluding carboxylic acids is 2. The van der Waals surface area contributed by atoms with E-state index in [1.54, 1.807) is 6.92 Å². The normalized spacial score (nSPS) is 20.3. The van der Waals surface area contributed by atoms with Crippen LogP contribution in [0, 0.1) is 3.57 Å². The van der Waals surface area contributed by atoms with E-state index in [-0.39, 0.29) is 17.7 Å². The molecule has 1 aliphatic heterocycles. The number of ether oxygens (including phenoxy) is 1. The van der Waals surface area contributed by atoms with Crippen LogP contribution in [-0.2, 0) is 14.3 Å². The van der Waals surface area contributed by atoms with Gasteiger partial charge >= 0.3 is 5.97 Å². The number of allylic oxidation sites excluding steroid dienone is 3. The molecule has 0 aromatic heterocycles. The van der Waals surface area contributed by atoms with Gasteiger partial charge in [0.2, 0.25) is 0 Å². The molecule has 2 aliphatic rings. The Balaban J connectivity index is 2.20. The number of ketones is 1. The molecule has 1 heterocycles. The van der Waals surface area contributed by atoms with Crippen LogP contribution in [0.3, 0.4) is 0 Å². The van der Waals surface area contributed by atoms with Crippen molar-refractivity contribution in [3.63, 3.8) is 0 Å². The highest BCUT2D eigenvalue weighted by Crippen LogP contribution is 2.43. The Labute approximate surface area is 161 Å². The molecule has 0 amide bonds. The summed E-state index contributed by atoms with van der Waals surface area (Å²) in [6.45, 7) is 4.14. The molecule has 0 radical (unpaired) electrons. The molecule has 0 bridgehead atoms. The van der Waals surface area contributed by atoms with Crippen molar-refractivity contribution in [1.82, 2.24) is 5.32 Å². The summed E-state index contributed by atoms with van der Waals surface area (Å²) in [7, 11) is 0. The number of hydrogen-bond donors (Lipinski definition) is 1. The molecule has 0 fully saturated rings. The molecule has 3 rings (SSSR count). The standard InChI is InChI=1S/C20H22INO3/c1-3-14-19(20(24)25-4-2)17(12-7-5-8-13(21)11-12)18-15(22-14)9-6-10-16(18)23/h5,7-8,11,17,22H,3-4,6,9-10H2,1-2H3/t17-/m1/s1. The molecule has 1 aliphatic carbocycles. The largest absolute Gasteiger partial charge is 0.463 e. The van der Waals surface area contributed by atoms with Crippen molar-refractivity contribution >= 4 is 34.3 Å². The first kappa shape index (κ1) is 18.2. The first-order chi connectivity index (χ1) is 12.1. The van der Waals surface area contributed by atoms with Crippen LogP contribution in [0.25, 0.3) is 0 Å². The topological polar surface area (TPSA) is 55.4 Å². The van der Waals surface area contributed by atoms with Crippen LogP contribution in [0.1, 0.15) is 51.0 Å². The molecule has 0 saturated heterocycles. The van der Waals surface area contributed by atoms with Gasteiger partial charge in [0, 0.05) is 32.9 Å². The highest BCUT2D eigenvalue weighted by Gasteiger charge is 2.39. The van der Waals surface area contributed by atoms with Crippen LogP contribution in [0.5, 0.6) is 0 Å². The lowest BCUT2D eigenvalue weighted by atomic mass is 9.75. The lowest BCUT2D eigenvalue weighted by molar-refractivity contribution is -0.138. The van der Waals surface area contributed by atoms with Gasteiger partial charge in [-0.1, -0.05) is 19.1 Å². The maximum Gasteiger partial charge on any atom is 0.336 e. The maximum absolute atomic E-state index is 12.8. The molecule has 1 atom stereocenters. The van der Waals surface area contributed by atoms with Gasteiger partial charge in [-0.25, -0.2) is 4.79 Å². The molecule has 1 aromatic carbocycles. The van der Waals surface area contributed by atoms with E-state index >= 15 is 0 Å². The molecular weight excluding hydrogens is 429 g/mol. The Morgan fingerprint density at radius 1 is 1.32 bits per heavy atom. The fraction of sp³-hybridized carbons (Fsp3) is 0.400. The number of esters is 1. The number of dihydropyridines is 1. The summed E-state index contributed by atoms with van der Waals surface area (Å²) in [5, 5.41) is 3.37. The van der Waals surface area contributed by atoms with Crippen molar-refractivity contribution in [3.05, 3.63) is 55.9 Å². The molecule has 5 heteroatoms. The van der Waals surface area contributed by atoms with Crippen molar-refractivity contribution in [1.29, 1.82) is 0 Å². The van der Waals surface area contributed by atoms with Gasteiger partial charge in [0.25, 0.3) is 0 Å². The minimum atomic E-state index is -0.340. The molecule has 1 aromatic rings. The summed E-state index contributed by atoms with van der Waals surface area (Å²) < 4.78 is 6.42. The highest BCUT2D eigenvalue weighted by molar-refractivity contribution is 14.1. The first-order valence-corrected chi connectivity index (χ1v) is 9.83.